The van der Waals surface area contributed by atoms with Gasteiger partial charge >= 0.3 is 0 Å². The summed E-state index contributed by atoms with van der Waals surface area (Å²) in [5.74, 6) is -0.0870. The van der Waals surface area contributed by atoms with Gasteiger partial charge in [-0.2, -0.15) is 5.10 Å². The van der Waals surface area contributed by atoms with E-state index in [0.717, 1.165) is 16.8 Å². The van der Waals surface area contributed by atoms with Crippen molar-refractivity contribution in [2.45, 2.75) is 19.0 Å². The zero-order valence-corrected chi connectivity index (χ0v) is 17.0. The smallest absolute Gasteiger partial charge is 0.242 e. The van der Waals surface area contributed by atoms with Gasteiger partial charge in [-0.15, -0.1) is 24.8 Å². The van der Waals surface area contributed by atoms with Crippen molar-refractivity contribution in [3.05, 3.63) is 66.5 Å². The van der Waals surface area contributed by atoms with Crippen molar-refractivity contribution in [2.75, 3.05) is 7.05 Å². The molecule has 7 nitrogen and oxygen atoms in total. The van der Waals surface area contributed by atoms with Crippen molar-refractivity contribution in [3.63, 3.8) is 0 Å². The Bertz CT molecular complexity index is 849. The first-order chi connectivity index (χ1) is 12.1. The van der Waals surface area contributed by atoms with E-state index in [4.69, 9.17) is 0 Å². The summed E-state index contributed by atoms with van der Waals surface area (Å²) in [7, 11) is 3.60. The van der Waals surface area contributed by atoms with Crippen molar-refractivity contribution in [2.24, 2.45) is 7.05 Å². The first kappa shape index (κ1) is 22.7. The number of hydrogen-bond donors (Lipinski definition) is 2. The van der Waals surface area contributed by atoms with Gasteiger partial charge in [0.2, 0.25) is 5.91 Å². The number of aryl methyl sites for hydroxylation is 1. The molecular formula is C18H24Cl2N6O. The number of benzene rings is 1. The van der Waals surface area contributed by atoms with Crippen molar-refractivity contribution < 1.29 is 4.79 Å². The number of amides is 1. The van der Waals surface area contributed by atoms with Crippen molar-refractivity contribution in [1.29, 1.82) is 0 Å². The number of nitrogens with one attached hydrogen (secondary N) is 2. The van der Waals surface area contributed by atoms with Crippen LogP contribution < -0.4 is 10.6 Å². The van der Waals surface area contributed by atoms with Gasteiger partial charge in [-0.1, -0.05) is 12.1 Å². The molecule has 1 aromatic carbocycles. The lowest BCUT2D eigenvalue weighted by atomic mass is 10.1. The molecule has 146 valence electrons. The van der Waals surface area contributed by atoms with Crippen LogP contribution in [0.5, 0.6) is 0 Å². The highest BCUT2D eigenvalue weighted by Crippen LogP contribution is 2.19. The summed E-state index contributed by atoms with van der Waals surface area (Å²) >= 11 is 0. The molecule has 0 aliphatic carbocycles. The molecule has 9 heteroatoms. The highest BCUT2D eigenvalue weighted by molar-refractivity contribution is 5.85. The lowest BCUT2D eigenvalue weighted by Crippen LogP contribution is -2.37. The van der Waals surface area contributed by atoms with Crippen molar-refractivity contribution in [1.82, 2.24) is 30.0 Å². The quantitative estimate of drug-likeness (QED) is 0.654. The lowest BCUT2D eigenvalue weighted by Gasteiger charge is -2.20. The molecule has 27 heavy (non-hydrogen) atoms. The normalized spacial score (nSPS) is 12.4. The molecule has 2 N–H and O–H groups in total. The fraction of sp³-hybridized carbons (Fsp3) is 0.278. The van der Waals surface area contributed by atoms with Crippen molar-refractivity contribution >= 4 is 30.7 Å². The first-order valence-electron chi connectivity index (χ1n) is 8.13. The molecule has 0 bridgehead atoms. The summed E-state index contributed by atoms with van der Waals surface area (Å²) in [5.41, 5.74) is 2.87. The van der Waals surface area contributed by atoms with E-state index in [-0.39, 0.29) is 36.8 Å². The zero-order chi connectivity index (χ0) is 17.8. The molecule has 0 spiro atoms. The number of imidazole rings is 1. The highest BCUT2D eigenvalue weighted by Gasteiger charge is 2.22. The Morgan fingerprint density at radius 2 is 2.00 bits per heavy atom. The molecule has 2 aromatic heterocycles. The molecular weight excluding hydrogens is 387 g/mol. The number of carbonyl (C=O) groups excluding carboxylic acids is 1. The second-order valence-electron chi connectivity index (χ2n) is 5.96. The molecule has 0 fully saturated rings. The molecule has 0 saturated carbocycles. The summed E-state index contributed by atoms with van der Waals surface area (Å²) in [6.07, 6.45) is 8.92. The average Bonchev–Trinajstić information content (AvgIpc) is 3.28. The minimum atomic E-state index is -0.437. The number of carbonyl (C=O) groups is 1. The van der Waals surface area contributed by atoms with Gasteiger partial charge < -0.3 is 15.2 Å². The van der Waals surface area contributed by atoms with Crippen LogP contribution in [0.1, 0.15) is 30.1 Å². The SMILES string of the molecule is CNC(C(=O)NC(C)c1cccc(-n2ccnc2)c1)c1cnn(C)c1.Cl.Cl. The van der Waals surface area contributed by atoms with Gasteiger partial charge in [-0.05, 0) is 31.7 Å². The highest BCUT2D eigenvalue weighted by atomic mass is 35.5. The predicted octanol–water partition coefficient (Wildman–Crippen LogP) is 2.59. The summed E-state index contributed by atoms with van der Waals surface area (Å²) in [5, 5.41) is 10.2. The van der Waals surface area contributed by atoms with Crippen LogP contribution >= 0.6 is 24.8 Å². The van der Waals surface area contributed by atoms with Crippen LogP contribution in [-0.4, -0.2) is 32.3 Å². The van der Waals surface area contributed by atoms with Gasteiger partial charge in [0.1, 0.15) is 6.04 Å². The topological polar surface area (TPSA) is 76.8 Å². The van der Waals surface area contributed by atoms with Gasteiger partial charge in [0.15, 0.2) is 0 Å². The Morgan fingerprint density at radius 1 is 1.22 bits per heavy atom. The summed E-state index contributed by atoms with van der Waals surface area (Å²) in [6.45, 7) is 1.97. The molecule has 2 atom stereocenters. The Labute approximate surface area is 171 Å². The number of halogens is 2. The summed E-state index contributed by atoms with van der Waals surface area (Å²) < 4.78 is 3.62. The fourth-order valence-corrected chi connectivity index (χ4v) is 2.78. The van der Waals surface area contributed by atoms with Crippen LogP contribution in [0.15, 0.2) is 55.4 Å². The molecule has 0 aliphatic rings. The van der Waals surface area contributed by atoms with E-state index in [1.807, 2.05) is 55.2 Å². The van der Waals surface area contributed by atoms with E-state index in [2.05, 4.69) is 20.7 Å². The Morgan fingerprint density at radius 3 is 2.59 bits per heavy atom. The standard InChI is InChI=1S/C18H22N6O.2ClH/c1-13(14-5-4-6-16(9-14)24-8-7-20-12-24)22-18(25)17(19-2)15-10-21-23(3)11-15;;/h4-13,17,19H,1-3H3,(H,22,25);2*1H. The number of aromatic nitrogens is 4. The van der Waals surface area contributed by atoms with Gasteiger partial charge in [0.25, 0.3) is 0 Å². The number of rotatable bonds is 6. The van der Waals surface area contributed by atoms with E-state index in [0.29, 0.717) is 0 Å². The van der Waals surface area contributed by atoms with Crippen LogP contribution in [-0.2, 0) is 11.8 Å². The molecule has 0 aliphatic heterocycles. The van der Waals surface area contributed by atoms with Crippen LogP contribution in [0.25, 0.3) is 5.69 Å². The Kier molecular flexibility index (Phi) is 8.49. The maximum Gasteiger partial charge on any atom is 0.242 e. The third-order valence-electron chi connectivity index (χ3n) is 4.14. The zero-order valence-electron chi connectivity index (χ0n) is 15.4. The third kappa shape index (κ3) is 5.32. The Balaban J connectivity index is 0.00000182. The van der Waals surface area contributed by atoms with Crippen LogP contribution in [0.2, 0.25) is 0 Å². The van der Waals surface area contributed by atoms with Gasteiger partial charge in [0.05, 0.1) is 18.6 Å². The maximum atomic E-state index is 12.7. The van der Waals surface area contributed by atoms with E-state index in [1.54, 1.807) is 30.5 Å². The summed E-state index contributed by atoms with van der Waals surface area (Å²) in [6, 6.07) is 7.47. The summed E-state index contributed by atoms with van der Waals surface area (Å²) in [4.78, 5) is 16.7. The van der Waals surface area contributed by atoms with E-state index in [1.165, 1.54) is 0 Å². The largest absolute Gasteiger partial charge is 0.348 e. The van der Waals surface area contributed by atoms with Crippen LogP contribution in [0, 0.1) is 0 Å². The third-order valence-corrected chi connectivity index (χ3v) is 4.14. The average molecular weight is 411 g/mol. The Hall–Kier alpha value is -2.35. The monoisotopic (exact) mass is 410 g/mol. The van der Waals surface area contributed by atoms with Gasteiger partial charge in [-0.25, -0.2) is 4.98 Å². The van der Waals surface area contributed by atoms with E-state index >= 15 is 0 Å². The molecule has 1 amide bonds. The second kappa shape index (κ2) is 10.1. The minimum Gasteiger partial charge on any atom is -0.348 e. The van der Waals surface area contributed by atoms with Gasteiger partial charge in [0, 0.05) is 36.9 Å². The molecule has 3 aromatic rings. The van der Waals surface area contributed by atoms with E-state index in [9.17, 15) is 4.79 Å². The molecule has 2 unspecified atom stereocenters. The number of hydrogen-bond acceptors (Lipinski definition) is 4. The second-order valence-corrected chi connectivity index (χ2v) is 5.96. The van der Waals surface area contributed by atoms with Crippen molar-refractivity contribution in [3.8, 4) is 5.69 Å². The fourth-order valence-electron chi connectivity index (χ4n) is 2.78. The van der Waals surface area contributed by atoms with Gasteiger partial charge in [-0.3, -0.25) is 9.48 Å². The molecule has 3 rings (SSSR count). The van der Waals surface area contributed by atoms with Crippen LogP contribution in [0.4, 0.5) is 0 Å². The first-order valence-corrected chi connectivity index (χ1v) is 8.13. The maximum absolute atomic E-state index is 12.7. The molecule has 2 heterocycles. The molecule has 0 radical (unpaired) electrons. The number of likely N-dealkylation sites (N-methyl/N-ethyl adjacent to an activating group) is 1. The van der Waals surface area contributed by atoms with E-state index < -0.39 is 6.04 Å². The van der Waals surface area contributed by atoms with Crippen LogP contribution in [0.3, 0.4) is 0 Å². The predicted molar refractivity (Wildman–Crippen MR) is 110 cm³/mol. The molecule has 0 saturated heterocycles. The lowest BCUT2D eigenvalue weighted by molar-refractivity contribution is -0.123. The minimum absolute atomic E-state index is 0. The number of nitrogens with zero attached hydrogens (tertiary/aromatic N) is 4.